The number of hydrogen-bond acceptors (Lipinski definition) is 1. The third-order valence-electron chi connectivity index (χ3n) is 1.57. The van der Waals surface area contributed by atoms with Gasteiger partial charge in [-0.05, 0) is 17.7 Å². The van der Waals surface area contributed by atoms with Crippen molar-refractivity contribution in [2.75, 3.05) is 0 Å². The smallest absolute Gasteiger partial charge is 0.406 e. The normalized spacial score (nSPS) is 11.9. The Kier molecular flexibility index (Phi) is 4.30. The maximum atomic E-state index is 12.0. The van der Waals surface area contributed by atoms with Crippen molar-refractivity contribution in [2.45, 2.75) is 12.4 Å². The summed E-state index contributed by atoms with van der Waals surface area (Å²) in [6.07, 6.45) is -4.69. The van der Waals surface area contributed by atoms with Gasteiger partial charge in [0, 0.05) is 0 Å². The summed E-state index contributed by atoms with van der Waals surface area (Å²) in [5.41, 5.74) is 0.386. The number of para-hydroxylation sites is 1. The Morgan fingerprint density at radius 2 is 1.80 bits per heavy atom. The molecular formula is C8H7Cl2F3OSi. The first kappa shape index (κ1) is 12.7. The van der Waals surface area contributed by atoms with Gasteiger partial charge in [-0.15, -0.1) is 35.3 Å². The minimum atomic E-state index is -4.69. The van der Waals surface area contributed by atoms with Crippen LogP contribution in [0.4, 0.5) is 13.2 Å². The highest BCUT2D eigenvalue weighted by atomic mass is 35.7. The first-order valence-electron chi connectivity index (χ1n) is 4.00. The first-order chi connectivity index (χ1) is 6.88. The molecule has 1 aromatic rings. The molecule has 0 aliphatic carbocycles. The van der Waals surface area contributed by atoms with E-state index in [1.54, 1.807) is 6.07 Å². The van der Waals surface area contributed by atoms with Gasteiger partial charge in [0.2, 0.25) is 7.42 Å². The van der Waals surface area contributed by atoms with Crippen LogP contribution in [0.5, 0.6) is 5.75 Å². The summed E-state index contributed by atoms with van der Waals surface area (Å²) in [7, 11) is -2.00. The first-order valence-corrected chi connectivity index (χ1v) is 8.31. The fourth-order valence-electron chi connectivity index (χ4n) is 1.06. The Hall–Kier alpha value is -0.393. The van der Waals surface area contributed by atoms with Gasteiger partial charge in [0.15, 0.2) is 0 Å². The van der Waals surface area contributed by atoms with Gasteiger partial charge < -0.3 is 4.74 Å². The molecule has 1 rings (SSSR count). The molecule has 0 saturated heterocycles. The zero-order valence-corrected chi connectivity index (χ0v) is 10.1. The molecule has 1 nitrogen and oxygen atoms in total. The van der Waals surface area contributed by atoms with E-state index in [4.69, 9.17) is 22.2 Å². The molecule has 0 aliphatic heterocycles. The lowest BCUT2D eigenvalue weighted by atomic mass is 10.2. The molecule has 84 valence electrons. The van der Waals surface area contributed by atoms with Crippen molar-refractivity contribution in [1.82, 2.24) is 0 Å². The number of ether oxygens (including phenoxy) is 1. The van der Waals surface area contributed by atoms with Crippen LogP contribution in [0.25, 0.3) is 0 Å². The third-order valence-corrected chi connectivity index (χ3v) is 3.25. The molecule has 7 heteroatoms. The second-order valence-electron chi connectivity index (χ2n) is 2.75. The Bertz CT molecular complexity index is 330. The Labute approximate surface area is 95.8 Å². The van der Waals surface area contributed by atoms with E-state index in [2.05, 4.69) is 4.74 Å². The van der Waals surface area contributed by atoms with Gasteiger partial charge in [0.25, 0.3) is 0 Å². The molecule has 0 radical (unpaired) electrons. The van der Waals surface area contributed by atoms with Crippen LogP contribution in [0.3, 0.4) is 0 Å². The predicted octanol–water partition coefficient (Wildman–Crippen LogP) is 3.37. The van der Waals surface area contributed by atoms with Gasteiger partial charge in [0.05, 0.1) is 0 Å². The number of benzene rings is 1. The summed E-state index contributed by atoms with van der Waals surface area (Å²) in [5.74, 6) is -0.233. The highest BCUT2D eigenvalue weighted by Gasteiger charge is 2.32. The van der Waals surface area contributed by atoms with E-state index >= 15 is 0 Å². The minimum absolute atomic E-state index is 0.233. The molecule has 0 aliphatic rings. The van der Waals surface area contributed by atoms with Crippen molar-refractivity contribution in [1.29, 1.82) is 0 Å². The van der Waals surface area contributed by atoms with Crippen molar-refractivity contribution < 1.29 is 17.9 Å². The summed E-state index contributed by atoms with van der Waals surface area (Å²) >= 11 is 11.2. The molecule has 15 heavy (non-hydrogen) atoms. The van der Waals surface area contributed by atoms with Crippen molar-refractivity contribution in [3.05, 3.63) is 29.8 Å². The van der Waals surface area contributed by atoms with E-state index in [9.17, 15) is 13.2 Å². The van der Waals surface area contributed by atoms with Crippen LogP contribution in [0, 0.1) is 0 Å². The summed E-state index contributed by atoms with van der Waals surface area (Å²) in [5, 5.41) is 0. The number of hydrogen-bond donors (Lipinski definition) is 0. The van der Waals surface area contributed by atoms with E-state index in [0.717, 1.165) is 0 Å². The molecule has 0 aromatic heterocycles. The van der Waals surface area contributed by atoms with Crippen LogP contribution >= 0.6 is 22.2 Å². The van der Waals surface area contributed by atoms with Gasteiger partial charge in [-0.25, -0.2) is 0 Å². The van der Waals surface area contributed by atoms with E-state index in [0.29, 0.717) is 5.56 Å². The molecule has 0 atom stereocenters. The monoisotopic (exact) mass is 274 g/mol. The van der Waals surface area contributed by atoms with Crippen LogP contribution in [0.15, 0.2) is 24.3 Å². The lowest BCUT2D eigenvalue weighted by molar-refractivity contribution is -0.274. The molecular weight excluding hydrogens is 268 g/mol. The minimum Gasteiger partial charge on any atom is -0.406 e. The maximum Gasteiger partial charge on any atom is 0.573 e. The number of halogens is 5. The SMILES string of the molecule is FC(F)(F)Oc1ccccc1C[SiH](Cl)Cl. The summed E-state index contributed by atoms with van der Waals surface area (Å²) in [4.78, 5) is 0. The van der Waals surface area contributed by atoms with E-state index in [-0.39, 0.29) is 11.8 Å². The highest BCUT2D eigenvalue weighted by Crippen LogP contribution is 2.27. The lowest BCUT2D eigenvalue weighted by Crippen LogP contribution is -2.18. The molecule has 0 unspecified atom stereocenters. The molecule has 0 N–H and O–H groups in total. The maximum absolute atomic E-state index is 12.0. The van der Waals surface area contributed by atoms with Gasteiger partial charge in [-0.2, -0.15) is 0 Å². The fourth-order valence-corrected chi connectivity index (χ4v) is 2.73. The standard InChI is InChI=1S/C8H7Cl2F3OSi/c9-15(10)5-6-3-1-2-4-7(6)14-8(11,12)13/h1-4,15H,5H2. The largest absolute Gasteiger partial charge is 0.573 e. The van der Waals surface area contributed by atoms with Crippen molar-refractivity contribution >= 4 is 29.6 Å². The average Bonchev–Trinajstić information content (AvgIpc) is 2.05. The Balaban J connectivity index is 2.86. The molecule has 0 bridgehead atoms. The quantitative estimate of drug-likeness (QED) is 0.607. The number of rotatable bonds is 3. The summed E-state index contributed by atoms with van der Waals surface area (Å²) in [6, 6.07) is 6.08. The summed E-state index contributed by atoms with van der Waals surface area (Å²) in [6.45, 7) is 0. The second-order valence-corrected chi connectivity index (χ2v) is 7.77. The lowest BCUT2D eigenvalue weighted by Gasteiger charge is -2.12. The molecule has 0 spiro atoms. The van der Waals surface area contributed by atoms with E-state index in [1.165, 1.54) is 18.2 Å². The predicted molar refractivity (Wildman–Crippen MR) is 55.7 cm³/mol. The topological polar surface area (TPSA) is 9.23 Å². The molecule has 1 aromatic carbocycles. The average molecular weight is 275 g/mol. The van der Waals surface area contributed by atoms with Crippen molar-refractivity contribution in [3.63, 3.8) is 0 Å². The van der Waals surface area contributed by atoms with E-state index < -0.39 is 13.8 Å². The van der Waals surface area contributed by atoms with Crippen LogP contribution in [0.1, 0.15) is 5.56 Å². The van der Waals surface area contributed by atoms with Gasteiger partial charge in [0.1, 0.15) is 5.75 Å². The van der Waals surface area contributed by atoms with Gasteiger partial charge >= 0.3 is 6.36 Å². The third kappa shape index (κ3) is 4.77. The molecule has 0 fully saturated rings. The Morgan fingerprint density at radius 1 is 1.20 bits per heavy atom. The Morgan fingerprint density at radius 3 is 2.33 bits per heavy atom. The van der Waals surface area contributed by atoms with Crippen LogP contribution in [-0.2, 0) is 6.04 Å². The molecule has 0 heterocycles. The zero-order chi connectivity index (χ0) is 11.5. The summed E-state index contributed by atoms with van der Waals surface area (Å²) < 4.78 is 39.8. The van der Waals surface area contributed by atoms with Crippen LogP contribution in [-0.4, -0.2) is 13.8 Å². The van der Waals surface area contributed by atoms with Crippen LogP contribution in [0.2, 0.25) is 0 Å². The second kappa shape index (κ2) is 5.09. The van der Waals surface area contributed by atoms with E-state index in [1.807, 2.05) is 0 Å². The van der Waals surface area contributed by atoms with Crippen molar-refractivity contribution in [2.24, 2.45) is 0 Å². The fraction of sp³-hybridized carbons (Fsp3) is 0.250. The number of alkyl halides is 3. The molecule has 0 amide bonds. The van der Waals surface area contributed by atoms with Crippen molar-refractivity contribution in [3.8, 4) is 5.75 Å². The zero-order valence-electron chi connectivity index (χ0n) is 7.39. The molecule has 0 saturated carbocycles. The van der Waals surface area contributed by atoms with Gasteiger partial charge in [-0.3, -0.25) is 0 Å². The van der Waals surface area contributed by atoms with Crippen LogP contribution < -0.4 is 4.74 Å². The highest BCUT2D eigenvalue weighted by molar-refractivity contribution is 7.33. The van der Waals surface area contributed by atoms with Gasteiger partial charge in [-0.1, -0.05) is 18.2 Å².